The van der Waals surface area contributed by atoms with Crippen molar-refractivity contribution in [2.45, 2.75) is 6.61 Å². The Morgan fingerprint density at radius 3 is 2.16 bits per heavy atom. The summed E-state index contributed by atoms with van der Waals surface area (Å²) in [6.07, 6.45) is 0. The summed E-state index contributed by atoms with van der Waals surface area (Å²) in [7, 11) is 0. The van der Waals surface area contributed by atoms with Crippen LogP contribution in [0.4, 0.5) is 8.78 Å². The first kappa shape index (κ1) is 14.4. The van der Waals surface area contributed by atoms with Gasteiger partial charge in [-0.05, 0) is 36.4 Å². The van der Waals surface area contributed by atoms with E-state index in [9.17, 15) is 8.78 Å². The highest BCUT2D eigenvalue weighted by Gasteiger charge is 2.14. The van der Waals surface area contributed by atoms with Crippen molar-refractivity contribution in [1.82, 2.24) is 0 Å². The molecule has 100 valence electrons. The first-order valence-electron chi connectivity index (χ1n) is 5.17. The maximum absolute atomic E-state index is 12.4. The predicted molar refractivity (Wildman–Crippen MR) is 73.5 cm³/mol. The van der Waals surface area contributed by atoms with Gasteiger partial charge in [0.25, 0.3) is 0 Å². The number of hydrogen-bond donors (Lipinski definition) is 0. The molecule has 0 N–H and O–H groups in total. The molecule has 1 nitrogen and oxygen atoms in total. The van der Waals surface area contributed by atoms with Crippen LogP contribution in [0.3, 0.4) is 0 Å². The van der Waals surface area contributed by atoms with Crippen molar-refractivity contribution >= 4 is 34.8 Å². The van der Waals surface area contributed by atoms with Gasteiger partial charge in [0.05, 0.1) is 0 Å². The van der Waals surface area contributed by atoms with Gasteiger partial charge in [-0.15, -0.1) is 0 Å². The van der Waals surface area contributed by atoms with Crippen LogP contribution in [-0.2, 0) is 0 Å². The molecule has 0 radical (unpaired) electrons. The van der Waals surface area contributed by atoms with Crippen LogP contribution in [0.5, 0.6) is 5.75 Å². The van der Waals surface area contributed by atoms with Gasteiger partial charge >= 0.3 is 6.61 Å². The van der Waals surface area contributed by atoms with Gasteiger partial charge in [0, 0.05) is 26.2 Å². The zero-order chi connectivity index (χ0) is 14.0. The Kier molecular flexibility index (Phi) is 4.50. The molecule has 2 aromatic carbocycles. The summed E-state index contributed by atoms with van der Waals surface area (Å²) in [6, 6.07) is 9.19. The van der Waals surface area contributed by atoms with Crippen LogP contribution in [0, 0.1) is 0 Å². The van der Waals surface area contributed by atoms with E-state index in [1.54, 1.807) is 30.3 Å². The summed E-state index contributed by atoms with van der Waals surface area (Å²) in [5.41, 5.74) is 0.902. The first-order valence-corrected chi connectivity index (χ1v) is 6.30. The second-order valence-electron chi connectivity index (χ2n) is 3.64. The fraction of sp³-hybridized carbons (Fsp3) is 0.0769. The summed E-state index contributed by atoms with van der Waals surface area (Å²) in [6.45, 7) is -2.95. The normalized spacial score (nSPS) is 10.8. The highest BCUT2D eigenvalue weighted by atomic mass is 35.5. The van der Waals surface area contributed by atoms with Crippen molar-refractivity contribution in [3.63, 3.8) is 0 Å². The number of hydrogen-bond acceptors (Lipinski definition) is 1. The minimum absolute atomic E-state index is 0.0494. The summed E-state index contributed by atoms with van der Waals surface area (Å²) >= 11 is 17.7. The third kappa shape index (κ3) is 3.50. The van der Waals surface area contributed by atoms with Gasteiger partial charge in [-0.2, -0.15) is 8.78 Å². The van der Waals surface area contributed by atoms with Crippen LogP contribution in [0.1, 0.15) is 0 Å². The summed E-state index contributed by atoms with van der Waals surface area (Å²) in [5, 5.41) is 1.11. The van der Waals surface area contributed by atoms with Gasteiger partial charge < -0.3 is 4.74 Å². The molecule has 2 aromatic rings. The van der Waals surface area contributed by atoms with Gasteiger partial charge in [0.15, 0.2) is 0 Å². The number of benzene rings is 2. The van der Waals surface area contributed by atoms with E-state index in [0.717, 1.165) is 0 Å². The minimum Gasteiger partial charge on any atom is -0.434 e. The molecule has 0 aliphatic rings. The smallest absolute Gasteiger partial charge is 0.387 e. The van der Waals surface area contributed by atoms with Gasteiger partial charge in [-0.3, -0.25) is 0 Å². The average molecular weight is 324 g/mol. The molecule has 2 rings (SSSR count). The lowest BCUT2D eigenvalue weighted by Gasteiger charge is -2.12. The quantitative estimate of drug-likeness (QED) is 0.681. The van der Waals surface area contributed by atoms with Crippen LogP contribution >= 0.6 is 34.8 Å². The number of alkyl halides is 2. The van der Waals surface area contributed by atoms with Crippen LogP contribution in [0.25, 0.3) is 11.1 Å². The predicted octanol–water partition coefficient (Wildman–Crippen LogP) is 5.92. The second-order valence-corrected chi connectivity index (χ2v) is 4.92. The van der Waals surface area contributed by atoms with E-state index in [-0.39, 0.29) is 10.8 Å². The Morgan fingerprint density at radius 2 is 1.47 bits per heavy atom. The van der Waals surface area contributed by atoms with Gasteiger partial charge in [-0.1, -0.05) is 34.8 Å². The Balaban J connectivity index is 2.57. The largest absolute Gasteiger partial charge is 0.434 e. The van der Waals surface area contributed by atoms with Crippen LogP contribution in [0.15, 0.2) is 36.4 Å². The van der Waals surface area contributed by atoms with Gasteiger partial charge in [0.2, 0.25) is 0 Å². The average Bonchev–Trinajstić information content (AvgIpc) is 2.32. The number of rotatable bonds is 3. The summed E-state index contributed by atoms with van der Waals surface area (Å²) < 4.78 is 29.3. The Bertz CT molecular complexity index is 602. The van der Waals surface area contributed by atoms with E-state index in [4.69, 9.17) is 34.8 Å². The van der Waals surface area contributed by atoms with E-state index in [2.05, 4.69) is 4.74 Å². The lowest BCUT2D eigenvalue weighted by molar-refractivity contribution is -0.0494. The minimum atomic E-state index is -2.95. The van der Waals surface area contributed by atoms with Crippen molar-refractivity contribution < 1.29 is 13.5 Å². The summed E-state index contributed by atoms with van der Waals surface area (Å²) in [4.78, 5) is 0. The Labute approximate surface area is 123 Å². The molecule has 0 aliphatic heterocycles. The highest BCUT2D eigenvalue weighted by Crippen LogP contribution is 2.38. The molecular formula is C13H7Cl3F2O. The molecule has 0 aliphatic carbocycles. The standard InChI is InChI=1S/C13H7Cl3F2O/c14-7-2-4-11(16)10(5-7)9-3-1-8(15)6-12(9)19-13(17)18/h1-6,13H. The maximum Gasteiger partial charge on any atom is 0.387 e. The number of halogens is 5. The van der Waals surface area contributed by atoms with Crippen molar-refractivity contribution in [2.75, 3.05) is 0 Å². The molecule has 0 bridgehead atoms. The lowest BCUT2D eigenvalue weighted by Crippen LogP contribution is -2.03. The molecular weight excluding hydrogens is 316 g/mol. The van der Waals surface area contributed by atoms with Gasteiger partial charge in [0.1, 0.15) is 5.75 Å². The topological polar surface area (TPSA) is 9.23 Å². The monoisotopic (exact) mass is 322 g/mol. The van der Waals surface area contributed by atoms with Crippen molar-refractivity contribution in [3.8, 4) is 16.9 Å². The van der Waals surface area contributed by atoms with Gasteiger partial charge in [-0.25, -0.2) is 0 Å². The van der Waals surface area contributed by atoms with Crippen molar-refractivity contribution in [1.29, 1.82) is 0 Å². The zero-order valence-electron chi connectivity index (χ0n) is 9.34. The third-order valence-corrected chi connectivity index (χ3v) is 3.18. The molecule has 0 aromatic heterocycles. The molecule has 0 fully saturated rings. The van der Waals surface area contributed by atoms with Crippen molar-refractivity contribution in [3.05, 3.63) is 51.5 Å². The summed E-state index contributed by atoms with van der Waals surface area (Å²) in [5.74, 6) is -0.0494. The maximum atomic E-state index is 12.4. The first-order chi connectivity index (χ1) is 8.97. The van der Waals surface area contributed by atoms with E-state index in [1.165, 1.54) is 6.07 Å². The molecule has 0 saturated carbocycles. The van der Waals surface area contributed by atoms with Crippen molar-refractivity contribution in [2.24, 2.45) is 0 Å². The Morgan fingerprint density at radius 1 is 0.842 bits per heavy atom. The fourth-order valence-corrected chi connectivity index (χ4v) is 2.17. The van der Waals surface area contributed by atoms with E-state index in [0.29, 0.717) is 21.2 Å². The SMILES string of the molecule is FC(F)Oc1cc(Cl)ccc1-c1cc(Cl)ccc1Cl. The molecule has 0 amide bonds. The molecule has 0 saturated heterocycles. The molecule has 0 spiro atoms. The molecule has 0 heterocycles. The number of ether oxygens (including phenoxy) is 1. The second kappa shape index (κ2) is 5.95. The van der Waals surface area contributed by atoms with E-state index >= 15 is 0 Å². The van der Waals surface area contributed by atoms with Crippen LogP contribution in [-0.4, -0.2) is 6.61 Å². The molecule has 0 atom stereocenters. The highest BCUT2D eigenvalue weighted by molar-refractivity contribution is 6.35. The zero-order valence-corrected chi connectivity index (χ0v) is 11.6. The molecule has 0 unspecified atom stereocenters. The Hall–Kier alpha value is -1.03. The third-order valence-electron chi connectivity index (χ3n) is 2.38. The van der Waals surface area contributed by atoms with E-state index < -0.39 is 6.61 Å². The molecule has 19 heavy (non-hydrogen) atoms. The molecule has 6 heteroatoms. The fourth-order valence-electron chi connectivity index (χ4n) is 1.62. The van der Waals surface area contributed by atoms with Crippen LogP contribution in [0.2, 0.25) is 15.1 Å². The lowest BCUT2D eigenvalue weighted by atomic mass is 10.0. The van der Waals surface area contributed by atoms with E-state index in [1.807, 2.05) is 0 Å². The van der Waals surface area contributed by atoms with Crippen LogP contribution < -0.4 is 4.74 Å².